The molecule has 162 valence electrons. The molecule has 0 amide bonds. The molecule has 1 heterocycles. The lowest BCUT2D eigenvalue weighted by Gasteiger charge is -2.15. The lowest BCUT2D eigenvalue weighted by atomic mass is 9.95. The van der Waals surface area contributed by atoms with Crippen LogP contribution in [-0.2, 0) is 0 Å². The topological polar surface area (TPSA) is 17.8 Å². The molecule has 0 radical (unpaired) electrons. The first kappa shape index (κ1) is 22.1. The minimum Gasteiger partial charge on any atom is -0.281 e. The zero-order valence-electron chi connectivity index (χ0n) is 17.1. The molecular weight excluding hydrogens is 494 g/mol. The van der Waals surface area contributed by atoms with Gasteiger partial charge in [-0.1, -0.05) is 108 Å². The molecule has 2 nitrogen and oxygen atoms in total. The highest BCUT2D eigenvalue weighted by Gasteiger charge is 2.25. The van der Waals surface area contributed by atoms with Crippen molar-refractivity contribution in [2.24, 2.45) is 0 Å². The van der Waals surface area contributed by atoms with E-state index in [9.17, 15) is 0 Å². The first-order valence-corrected chi connectivity index (χ1v) is 11.7. The molecule has 0 aliphatic rings. The highest BCUT2D eigenvalue weighted by Crippen LogP contribution is 2.45. The van der Waals surface area contributed by atoms with Gasteiger partial charge in [0.15, 0.2) is 0 Å². The molecule has 0 aliphatic heterocycles. The molecule has 0 bridgehead atoms. The molecule has 0 aliphatic carbocycles. The first-order valence-electron chi connectivity index (χ1n) is 10.2. The summed E-state index contributed by atoms with van der Waals surface area (Å²) in [6.45, 7) is 0. The van der Waals surface area contributed by atoms with E-state index in [0.29, 0.717) is 26.0 Å². The van der Waals surface area contributed by atoms with E-state index in [2.05, 4.69) is 0 Å². The van der Waals surface area contributed by atoms with E-state index in [1.54, 1.807) is 0 Å². The number of aromatic nitrogens is 2. The van der Waals surface area contributed by atoms with Gasteiger partial charge in [-0.15, -0.1) is 0 Å². The van der Waals surface area contributed by atoms with Crippen molar-refractivity contribution in [3.05, 3.63) is 117 Å². The summed E-state index contributed by atoms with van der Waals surface area (Å²) < 4.78 is 1.87. The Bertz CT molecular complexity index is 1460. The minimum absolute atomic E-state index is 0.294. The molecule has 1 aromatic heterocycles. The third kappa shape index (κ3) is 4.05. The van der Waals surface area contributed by atoms with E-state index in [1.807, 2.05) is 102 Å². The molecule has 0 spiro atoms. The Balaban J connectivity index is 1.87. The summed E-state index contributed by atoms with van der Waals surface area (Å²) in [5.41, 5.74) is 5.61. The van der Waals surface area contributed by atoms with E-state index in [0.717, 1.165) is 33.6 Å². The molecular formula is C27H16Cl4N2. The van der Waals surface area contributed by atoms with Crippen LogP contribution >= 0.6 is 46.4 Å². The smallest absolute Gasteiger partial charge is 0.208 e. The summed E-state index contributed by atoms with van der Waals surface area (Å²) in [5.74, 6) is 0. The first-order chi connectivity index (χ1) is 16.1. The molecule has 5 aromatic rings. The fourth-order valence-corrected chi connectivity index (χ4v) is 4.94. The Morgan fingerprint density at radius 2 is 1.15 bits per heavy atom. The fourth-order valence-electron chi connectivity index (χ4n) is 3.96. The standard InChI is InChI=1S/C27H16Cl4N2/c28-20-13-5-4-11-18(20)24-19(12-8-15-22(24)30)25-26(17-9-2-1-3-10-17)33(27(31)32-25)23-16-7-6-14-21(23)29/h1-16H. The lowest BCUT2D eigenvalue weighted by molar-refractivity contribution is 1.06. The van der Waals surface area contributed by atoms with Gasteiger partial charge < -0.3 is 0 Å². The summed E-state index contributed by atoms with van der Waals surface area (Å²) in [4.78, 5) is 4.80. The largest absolute Gasteiger partial charge is 0.281 e. The Hall–Kier alpha value is -2.75. The van der Waals surface area contributed by atoms with Crippen LogP contribution in [0.3, 0.4) is 0 Å². The van der Waals surface area contributed by atoms with Gasteiger partial charge in [0.1, 0.15) is 0 Å². The fraction of sp³-hybridized carbons (Fsp3) is 0. The van der Waals surface area contributed by atoms with Crippen molar-refractivity contribution in [2.45, 2.75) is 0 Å². The average Bonchev–Trinajstić information content (AvgIpc) is 3.17. The van der Waals surface area contributed by atoms with Gasteiger partial charge in [-0.2, -0.15) is 0 Å². The Morgan fingerprint density at radius 3 is 1.88 bits per heavy atom. The van der Waals surface area contributed by atoms with Crippen LogP contribution in [-0.4, -0.2) is 9.55 Å². The predicted molar refractivity (Wildman–Crippen MR) is 140 cm³/mol. The van der Waals surface area contributed by atoms with E-state index < -0.39 is 0 Å². The van der Waals surface area contributed by atoms with Gasteiger partial charge in [-0.25, -0.2) is 4.98 Å². The summed E-state index contributed by atoms with van der Waals surface area (Å²) >= 11 is 26.6. The lowest BCUT2D eigenvalue weighted by Crippen LogP contribution is -1.99. The number of imidazole rings is 1. The van der Waals surface area contributed by atoms with Gasteiger partial charge in [0.05, 0.1) is 22.1 Å². The minimum atomic E-state index is 0.294. The molecule has 0 atom stereocenters. The van der Waals surface area contributed by atoms with Crippen molar-refractivity contribution >= 4 is 46.4 Å². The van der Waals surface area contributed by atoms with Gasteiger partial charge in [-0.3, -0.25) is 4.57 Å². The summed E-state index contributed by atoms with van der Waals surface area (Å²) in [6, 6.07) is 30.8. The normalized spacial score (nSPS) is 11.0. The quantitative estimate of drug-likeness (QED) is 0.236. The van der Waals surface area contributed by atoms with Crippen molar-refractivity contribution < 1.29 is 0 Å². The third-order valence-corrected chi connectivity index (χ3v) is 6.61. The zero-order chi connectivity index (χ0) is 22.9. The van der Waals surface area contributed by atoms with Crippen LogP contribution in [0, 0.1) is 0 Å². The highest BCUT2D eigenvalue weighted by atomic mass is 35.5. The third-order valence-electron chi connectivity index (χ3n) is 5.39. The molecule has 0 saturated heterocycles. The maximum Gasteiger partial charge on any atom is 0.208 e. The Kier molecular flexibility index (Phi) is 6.18. The molecule has 0 N–H and O–H groups in total. The van der Waals surface area contributed by atoms with Crippen LogP contribution in [0.4, 0.5) is 0 Å². The predicted octanol–water partition coefficient (Wildman–Crippen LogP) is 9.49. The van der Waals surface area contributed by atoms with Gasteiger partial charge in [-0.05, 0) is 35.9 Å². The average molecular weight is 510 g/mol. The second-order valence-electron chi connectivity index (χ2n) is 7.37. The van der Waals surface area contributed by atoms with Crippen LogP contribution in [0.1, 0.15) is 0 Å². The van der Waals surface area contributed by atoms with Gasteiger partial charge >= 0.3 is 0 Å². The second kappa shape index (κ2) is 9.24. The van der Waals surface area contributed by atoms with Crippen LogP contribution in [0.15, 0.2) is 97.1 Å². The number of halogens is 4. The number of rotatable bonds is 4. The van der Waals surface area contributed by atoms with Crippen LogP contribution in [0.25, 0.3) is 39.3 Å². The van der Waals surface area contributed by atoms with Crippen molar-refractivity contribution in [2.75, 3.05) is 0 Å². The zero-order valence-corrected chi connectivity index (χ0v) is 20.2. The molecule has 0 fully saturated rings. The summed E-state index contributed by atoms with van der Waals surface area (Å²) in [6.07, 6.45) is 0. The Labute approximate surface area is 212 Å². The molecule has 33 heavy (non-hydrogen) atoms. The van der Waals surface area contributed by atoms with Crippen molar-refractivity contribution in [3.63, 3.8) is 0 Å². The number of hydrogen-bond donors (Lipinski definition) is 0. The van der Waals surface area contributed by atoms with Gasteiger partial charge in [0.25, 0.3) is 0 Å². The number of para-hydroxylation sites is 1. The number of nitrogens with zero attached hydrogens (tertiary/aromatic N) is 2. The van der Waals surface area contributed by atoms with E-state index >= 15 is 0 Å². The molecule has 5 rings (SSSR count). The number of benzene rings is 4. The van der Waals surface area contributed by atoms with E-state index in [4.69, 9.17) is 51.4 Å². The monoisotopic (exact) mass is 508 g/mol. The molecule has 0 unspecified atom stereocenters. The Morgan fingerprint density at radius 1 is 0.545 bits per heavy atom. The maximum atomic E-state index is 6.76. The highest BCUT2D eigenvalue weighted by molar-refractivity contribution is 6.37. The molecule has 4 aromatic carbocycles. The molecule has 0 saturated carbocycles. The van der Waals surface area contributed by atoms with E-state index in [1.165, 1.54) is 0 Å². The van der Waals surface area contributed by atoms with Gasteiger partial charge in [0, 0.05) is 32.3 Å². The second-order valence-corrected chi connectivity index (χ2v) is 8.93. The summed E-state index contributed by atoms with van der Waals surface area (Å²) in [7, 11) is 0. The van der Waals surface area contributed by atoms with Gasteiger partial charge in [0.2, 0.25) is 5.28 Å². The van der Waals surface area contributed by atoms with Crippen molar-refractivity contribution in [1.82, 2.24) is 9.55 Å². The SMILES string of the molecule is Clc1ccccc1-c1c(Cl)cccc1-c1nc(Cl)n(-c2ccccc2Cl)c1-c1ccccc1. The van der Waals surface area contributed by atoms with Crippen LogP contribution in [0.5, 0.6) is 0 Å². The van der Waals surface area contributed by atoms with Crippen LogP contribution < -0.4 is 0 Å². The maximum absolute atomic E-state index is 6.76. The van der Waals surface area contributed by atoms with Crippen LogP contribution in [0.2, 0.25) is 20.4 Å². The van der Waals surface area contributed by atoms with Crippen molar-refractivity contribution in [1.29, 1.82) is 0 Å². The summed E-state index contributed by atoms with van der Waals surface area (Å²) in [5, 5.41) is 2.03. The number of hydrogen-bond acceptors (Lipinski definition) is 1. The van der Waals surface area contributed by atoms with Crippen molar-refractivity contribution in [3.8, 4) is 39.3 Å². The molecule has 6 heteroatoms. The van der Waals surface area contributed by atoms with E-state index in [-0.39, 0.29) is 0 Å².